The Labute approximate surface area is 85.0 Å². The van der Waals surface area contributed by atoms with E-state index in [1.165, 1.54) is 11.7 Å². The first kappa shape index (κ1) is 13.4. The molecule has 80 valence electrons. The third-order valence-electron chi connectivity index (χ3n) is 2.31. The Balaban J connectivity index is 4.11. The second kappa shape index (κ2) is 5.29. The molecular weight excluding hydrogens is 194 g/mol. The van der Waals surface area contributed by atoms with Gasteiger partial charge in [0.05, 0.1) is 0 Å². The molecule has 0 heterocycles. The van der Waals surface area contributed by atoms with Crippen molar-refractivity contribution in [1.82, 2.24) is 0 Å². The van der Waals surface area contributed by atoms with E-state index in [4.69, 9.17) is 10.2 Å². The molecule has 0 aliphatic carbocycles. The quantitative estimate of drug-likeness (QED) is 0.697. The second-order valence-corrected chi connectivity index (χ2v) is 15.6. The maximum atomic E-state index is 5.73. The van der Waals surface area contributed by atoms with Crippen LogP contribution in [0.25, 0.3) is 0 Å². The van der Waals surface area contributed by atoms with E-state index in [1.54, 1.807) is 0 Å². The zero-order chi connectivity index (χ0) is 10.5. The topological polar surface area (TPSA) is 35.2 Å². The Morgan fingerprint density at radius 3 is 2.00 bits per heavy atom. The monoisotopic (exact) mass is 219 g/mol. The summed E-state index contributed by atoms with van der Waals surface area (Å²) in [6.45, 7) is 10.4. The average molecular weight is 219 g/mol. The van der Waals surface area contributed by atoms with E-state index in [2.05, 4.69) is 26.2 Å². The highest BCUT2D eigenvalue weighted by Crippen LogP contribution is 2.24. The van der Waals surface area contributed by atoms with Gasteiger partial charge in [-0.3, -0.25) is 0 Å². The summed E-state index contributed by atoms with van der Waals surface area (Å²) in [5.41, 5.74) is 6.89. The molecule has 0 saturated carbocycles. The number of hydrogen-bond acceptors (Lipinski definition) is 2. The number of rotatable bonds is 6. The normalized spacial score (nSPS) is 17.1. The van der Waals surface area contributed by atoms with Crippen molar-refractivity contribution in [3.05, 3.63) is 0 Å². The maximum absolute atomic E-state index is 5.73. The zero-order valence-corrected chi connectivity index (χ0v) is 11.8. The van der Waals surface area contributed by atoms with Gasteiger partial charge in [0.25, 0.3) is 0 Å². The van der Waals surface area contributed by atoms with Crippen LogP contribution in [0.2, 0.25) is 37.9 Å². The average Bonchev–Trinajstić information content (AvgIpc) is 1.98. The molecule has 0 fully saturated rings. The highest BCUT2D eigenvalue weighted by Gasteiger charge is 2.33. The van der Waals surface area contributed by atoms with Crippen LogP contribution < -0.4 is 5.73 Å². The van der Waals surface area contributed by atoms with Gasteiger partial charge in [-0.05, 0) is 31.2 Å². The molecule has 2 nitrogen and oxygen atoms in total. The Morgan fingerprint density at radius 1 is 1.15 bits per heavy atom. The van der Waals surface area contributed by atoms with Crippen LogP contribution in [-0.2, 0) is 4.43 Å². The molecule has 0 aromatic carbocycles. The van der Waals surface area contributed by atoms with Gasteiger partial charge in [0.1, 0.15) is 0 Å². The fourth-order valence-corrected chi connectivity index (χ4v) is 13.3. The van der Waals surface area contributed by atoms with Crippen molar-refractivity contribution in [2.75, 3.05) is 13.7 Å². The zero-order valence-electron chi connectivity index (χ0n) is 9.81. The molecule has 0 spiro atoms. The van der Waals surface area contributed by atoms with Gasteiger partial charge in [-0.2, -0.15) is 0 Å². The molecule has 0 radical (unpaired) electrons. The lowest BCUT2D eigenvalue weighted by atomic mass is 10.5. The molecule has 0 aromatic heterocycles. The van der Waals surface area contributed by atoms with Crippen molar-refractivity contribution in [3.63, 3.8) is 0 Å². The molecule has 13 heavy (non-hydrogen) atoms. The molecule has 1 unspecified atom stereocenters. The molecule has 0 amide bonds. The summed E-state index contributed by atoms with van der Waals surface area (Å²) in [6, 6.07) is 1.23. The molecule has 0 bridgehead atoms. The van der Waals surface area contributed by atoms with Crippen molar-refractivity contribution in [1.29, 1.82) is 0 Å². The van der Waals surface area contributed by atoms with Gasteiger partial charge in [0.15, 0.2) is 8.32 Å². The first-order chi connectivity index (χ1) is 5.83. The molecule has 0 saturated heterocycles. The fourth-order valence-electron chi connectivity index (χ4n) is 1.86. The van der Waals surface area contributed by atoms with E-state index < -0.39 is 16.4 Å². The maximum Gasteiger partial charge on any atom is 0.186 e. The van der Waals surface area contributed by atoms with Gasteiger partial charge in [-0.15, -0.1) is 0 Å². The lowest BCUT2D eigenvalue weighted by Crippen LogP contribution is -2.42. The third kappa shape index (κ3) is 6.43. The molecule has 1 atom stereocenters. The van der Waals surface area contributed by atoms with Gasteiger partial charge in [-0.1, -0.05) is 19.6 Å². The Morgan fingerprint density at radius 2 is 1.69 bits per heavy atom. The Hall–Kier alpha value is 0.354. The highest BCUT2D eigenvalue weighted by molar-refractivity contribution is 6.92. The highest BCUT2D eigenvalue weighted by atomic mass is 28.4. The first-order valence-electron chi connectivity index (χ1n) is 5.08. The van der Waals surface area contributed by atoms with Crippen LogP contribution in [-0.4, -0.2) is 30.0 Å². The van der Waals surface area contributed by atoms with E-state index in [1.807, 2.05) is 7.11 Å². The van der Waals surface area contributed by atoms with E-state index in [-0.39, 0.29) is 0 Å². The predicted octanol–water partition coefficient (Wildman–Crippen LogP) is 2.43. The summed E-state index contributed by atoms with van der Waals surface area (Å²) in [5.74, 6) is 0. The lowest BCUT2D eigenvalue weighted by Gasteiger charge is -2.31. The van der Waals surface area contributed by atoms with Crippen molar-refractivity contribution in [3.8, 4) is 0 Å². The number of nitrogens with two attached hydrogens (primary N) is 1. The summed E-state index contributed by atoms with van der Waals surface area (Å²) in [7, 11) is -0.488. The lowest BCUT2D eigenvalue weighted by molar-refractivity contribution is 0.399. The van der Waals surface area contributed by atoms with E-state index >= 15 is 0 Å². The van der Waals surface area contributed by atoms with Crippen molar-refractivity contribution in [2.24, 2.45) is 5.73 Å². The smallest absolute Gasteiger partial charge is 0.186 e. The van der Waals surface area contributed by atoms with E-state index in [0.717, 1.165) is 13.0 Å². The molecule has 0 rings (SSSR count). The molecular formula is C9H25NOSi2. The summed E-state index contributed by atoms with van der Waals surface area (Å²) in [4.78, 5) is 0. The molecule has 4 heteroatoms. The van der Waals surface area contributed by atoms with Crippen LogP contribution in [0.1, 0.15) is 6.42 Å². The van der Waals surface area contributed by atoms with Crippen LogP contribution in [0.5, 0.6) is 0 Å². The van der Waals surface area contributed by atoms with Gasteiger partial charge < -0.3 is 10.2 Å². The summed E-state index contributed by atoms with van der Waals surface area (Å²) in [5, 5.41) is 0. The fraction of sp³-hybridized carbons (Fsp3) is 1.00. The minimum atomic E-state index is -1.40. The Kier molecular flexibility index (Phi) is 5.43. The molecule has 0 aliphatic rings. The molecule has 0 aromatic rings. The molecule has 2 N–H and O–H groups in total. The second-order valence-electron chi connectivity index (χ2n) is 5.28. The largest absolute Gasteiger partial charge is 0.420 e. The van der Waals surface area contributed by atoms with Gasteiger partial charge >= 0.3 is 0 Å². The minimum absolute atomic E-state index is 0.803. The van der Waals surface area contributed by atoms with Crippen LogP contribution in [0, 0.1) is 0 Å². The van der Waals surface area contributed by atoms with Crippen molar-refractivity contribution in [2.45, 2.75) is 44.3 Å². The minimum Gasteiger partial charge on any atom is -0.420 e. The van der Waals surface area contributed by atoms with Crippen molar-refractivity contribution < 1.29 is 4.43 Å². The summed E-state index contributed by atoms with van der Waals surface area (Å²) < 4.78 is 5.73. The van der Waals surface area contributed by atoms with Crippen molar-refractivity contribution >= 4 is 16.4 Å². The Bertz CT molecular complexity index is 147. The van der Waals surface area contributed by atoms with Gasteiger partial charge in [0.2, 0.25) is 0 Å². The summed E-state index contributed by atoms with van der Waals surface area (Å²) >= 11 is 0. The number of hydrogen-bond donors (Lipinski definition) is 1. The standard InChI is InChI=1S/C9H25NOSi2/c1-11-13(5,8-6-7-10)9-12(2,3)4/h6-10H2,1-5H3. The van der Waals surface area contributed by atoms with E-state index in [0.29, 0.717) is 0 Å². The third-order valence-corrected chi connectivity index (χ3v) is 11.9. The first-order valence-corrected chi connectivity index (χ1v) is 11.6. The van der Waals surface area contributed by atoms with Crippen LogP contribution in [0.15, 0.2) is 0 Å². The van der Waals surface area contributed by atoms with Crippen LogP contribution in [0.4, 0.5) is 0 Å². The van der Waals surface area contributed by atoms with E-state index in [9.17, 15) is 0 Å². The summed E-state index contributed by atoms with van der Waals surface area (Å²) in [6.07, 6.45) is 1.13. The SMILES string of the molecule is CO[Si](C)(CCCN)C[Si](C)(C)C. The van der Waals surface area contributed by atoms with Gasteiger partial charge in [-0.25, -0.2) is 0 Å². The molecule has 0 aliphatic heterocycles. The van der Waals surface area contributed by atoms with Crippen LogP contribution in [0.3, 0.4) is 0 Å². The predicted molar refractivity (Wildman–Crippen MR) is 65.3 cm³/mol. The van der Waals surface area contributed by atoms with Crippen LogP contribution >= 0.6 is 0 Å². The van der Waals surface area contributed by atoms with Gasteiger partial charge in [0, 0.05) is 15.2 Å².